The van der Waals surface area contributed by atoms with Gasteiger partial charge in [0.2, 0.25) is 11.8 Å². The highest BCUT2D eigenvalue weighted by Crippen LogP contribution is 2.20. The van der Waals surface area contributed by atoms with Crippen LogP contribution in [0.15, 0.2) is 35.7 Å². The van der Waals surface area contributed by atoms with Gasteiger partial charge in [-0.2, -0.15) is 5.10 Å². The van der Waals surface area contributed by atoms with Crippen LogP contribution in [-0.2, 0) is 9.59 Å². The fourth-order valence-electron chi connectivity index (χ4n) is 1.56. The third-order valence-electron chi connectivity index (χ3n) is 2.68. The van der Waals surface area contributed by atoms with Gasteiger partial charge >= 0.3 is 0 Å². The lowest BCUT2D eigenvalue weighted by Gasteiger charge is -2.16. The molecule has 2 aromatic rings. The van der Waals surface area contributed by atoms with E-state index in [0.29, 0.717) is 15.9 Å². The zero-order valence-electron chi connectivity index (χ0n) is 11.7. The lowest BCUT2D eigenvalue weighted by atomic mass is 10.3. The number of aromatic nitrogens is 3. The van der Waals surface area contributed by atoms with Crippen molar-refractivity contribution in [3.8, 4) is 0 Å². The molecular formula is C13H14ClN5O2S. The van der Waals surface area contributed by atoms with Gasteiger partial charge in [0.05, 0.1) is 23.0 Å². The predicted octanol–water partition coefficient (Wildman–Crippen LogP) is 1.65. The first-order valence-electron chi connectivity index (χ1n) is 6.33. The second-order valence-electron chi connectivity index (χ2n) is 4.36. The van der Waals surface area contributed by atoms with Crippen LogP contribution in [0.25, 0.3) is 0 Å². The SMILES string of the molecule is CN(CC(=O)Nc1ccccc1Cl)C(=O)CSc1ncn[nH]1. The van der Waals surface area contributed by atoms with Crippen LogP contribution in [0.4, 0.5) is 5.69 Å². The first kappa shape index (κ1) is 16.3. The Morgan fingerprint density at radius 2 is 2.18 bits per heavy atom. The summed E-state index contributed by atoms with van der Waals surface area (Å²) in [6.07, 6.45) is 1.37. The number of nitrogens with one attached hydrogen (secondary N) is 2. The Kier molecular flexibility index (Phi) is 5.79. The molecule has 0 aliphatic heterocycles. The molecule has 2 N–H and O–H groups in total. The number of amides is 2. The van der Waals surface area contributed by atoms with Gasteiger partial charge < -0.3 is 10.2 Å². The zero-order valence-corrected chi connectivity index (χ0v) is 13.3. The predicted molar refractivity (Wildman–Crippen MR) is 84.8 cm³/mol. The molecule has 1 heterocycles. The molecule has 1 aromatic carbocycles. The smallest absolute Gasteiger partial charge is 0.244 e. The number of carbonyl (C=O) groups excluding carboxylic acids is 2. The van der Waals surface area contributed by atoms with Gasteiger partial charge in [0.25, 0.3) is 0 Å². The summed E-state index contributed by atoms with van der Waals surface area (Å²) in [6, 6.07) is 6.92. The summed E-state index contributed by atoms with van der Waals surface area (Å²) in [6.45, 7) is -0.0545. The Bertz CT molecular complexity index is 650. The van der Waals surface area contributed by atoms with Crippen LogP contribution in [0, 0.1) is 0 Å². The van der Waals surface area contributed by atoms with E-state index in [1.165, 1.54) is 23.0 Å². The van der Waals surface area contributed by atoms with Crippen molar-refractivity contribution in [1.29, 1.82) is 0 Å². The topological polar surface area (TPSA) is 91.0 Å². The maximum atomic E-state index is 11.9. The Balaban J connectivity index is 1.80. The van der Waals surface area contributed by atoms with Crippen LogP contribution in [0.1, 0.15) is 0 Å². The molecule has 2 amide bonds. The van der Waals surface area contributed by atoms with E-state index in [2.05, 4.69) is 20.5 Å². The molecule has 0 atom stereocenters. The molecule has 7 nitrogen and oxygen atoms in total. The number of thioether (sulfide) groups is 1. The normalized spacial score (nSPS) is 10.3. The van der Waals surface area contributed by atoms with E-state index in [1.54, 1.807) is 31.3 Å². The highest BCUT2D eigenvalue weighted by Gasteiger charge is 2.14. The molecule has 0 aliphatic rings. The summed E-state index contributed by atoms with van der Waals surface area (Å²) >= 11 is 7.18. The van der Waals surface area contributed by atoms with E-state index in [-0.39, 0.29) is 24.1 Å². The standard InChI is InChI=1S/C13H14ClN5O2S/c1-19(12(21)7-22-13-15-8-16-18-13)6-11(20)17-10-5-3-2-4-9(10)14/h2-5,8H,6-7H2,1H3,(H,17,20)(H,15,16,18). The van der Waals surface area contributed by atoms with Gasteiger partial charge in [-0.15, -0.1) is 0 Å². The Hall–Kier alpha value is -2.06. The maximum Gasteiger partial charge on any atom is 0.244 e. The largest absolute Gasteiger partial charge is 0.336 e. The number of nitrogens with zero attached hydrogens (tertiary/aromatic N) is 3. The number of likely N-dealkylation sites (N-methyl/N-ethyl adjacent to an activating group) is 1. The zero-order chi connectivity index (χ0) is 15.9. The minimum absolute atomic E-state index is 0.0545. The fraction of sp³-hybridized carbons (Fsp3) is 0.231. The summed E-state index contributed by atoms with van der Waals surface area (Å²) in [5, 5.41) is 10.0. The molecule has 0 fully saturated rings. The second kappa shape index (κ2) is 7.81. The van der Waals surface area contributed by atoms with Crippen molar-refractivity contribution in [2.75, 3.05) is 24.7 Å². The summed E-state index contributed by atoms with van der Waals surface area (Å²) in [5.41, 5.74) is 0.519. The molecule has 0 saturated heterocycles. The third-order valence-corrected chi connectivity index (χ3v) is 3.87. The Morgan fingerprint density at radius 1 is 1.41 bits per heavy atom. The number of anilines is 1. The highest BCUT2D eigenvalue weighted by atomic mass is 35.5. The van der Waals surface area contributed by atoms with Crippen molar-refractivity contribution >= 4 is 40.9 Å². The van der Waals surface area contributed by atoms with Crippen LogP contribution in [0.2, 0.25) is 5.02 Å². The van der Waals surface area contributed by atoms with Crippen molar-refractivity contribution in [3.05, 3.63) is 35.6 Å². The van der Waals surface area contributed by atoms with E-state index in [4.69, 9.17) is 11.6 Å². The third kappa shape index (κ3) is 4.74. The number of aromatic amines is 1. The van der Waals surface area contributed by atoms with E-state index < -0.39 is 0 Å². The molecule has 0 bridgehead atoms. The van der Waals surface area contributed by atoms with E-state index in [1.807, 2.05) is 0 Å². The van der Waals surface area contributed by atoms with Crippen LogP contribution >= 0.6 is 23.4 Å². The molecule has 116 valence electrons. The second-order valence-corrected chi connectivity index (χ2v) is 5.73. The monoisotopic (exact) mass is 339 g/mol. The average Bonchev–Trinajstić information content (AvgIpc) is 3.00. The van der Waals surface area contributed by atoms with Gasteiger partial charge in [0.1, 0.15) is 6.33 Å². The quantitative estimate of drug-likeness (QED) is 0.781. The molecule has 1 aromatic heterocycles. The van der Waals surface area contributed by atoms with Gasteiger partial charge in [0, 0.05) is 7.05 Å². The van der Waals surface area contributed by atoms with E-state index in [0.717, 1.165) is 0 Å². The van der Waals surface area contributed by atoms with Crippen LogP contribution in [0.3, 0.4) is 0 Å². The van der Waals surface area contributed by atoms with E-state index in [9.17, 15) is 9.59 Å². The number of rotatable bonds is 6. The highest BCUT2D eigenvalue weighted by molar-refractivity contribution is 7.99. The molecular weight excluding hydrogens is 326 g/mol. The summed E-state index contributed by atoms with van der Waals surface area (Å²) in [4.78, 5) is 29.1. The molecule has 0 saturated carbocycles. The van der Waals surface area contributed by atoms with Crippen molar-refractivity contribution in [2.45, 2.75) is 5.16 Å². The van der Waals surface area contributed by atoms with Gasteiger partial charge in [-0.1, -0.05) is 35.5 Å². The summed E-state index contributed by atoms with van der Waals surface area (Å²) in [5.74, 6) is -0.324. The molecule has 2 rings (SSSR count). The summed E-state index contributed by atoms with van der Waals surface area (Å²) < 4.78 is 0. The van der Waals surface area contributed by atoms with Crippen LogP contribution < -0.4 is 5.32 Å². The molecule has 0 aliphatic carbocycles. The van der Waals surface area contributed by atoms with Gasteiger partial charge in [-0.3, -0.25) is 14.7 Å². The minimum atomic E-state index is -0.311. The van der Waals surface area contributed by atoms with Gasteiger partial charge in [-0.05, 0) is 12.1 Å². The van der Waals surface area contributed by atoms with Gasteiger partial charge in [0.15, 0.2) is 5.16 Å². The number of para-hydroxylation sites is 1. The fourth-order valence-corrected chi connectivity index (χ4v) is 2.46. The molecule has 0 radical (unpaired) electrons. The lowest BCUT2D eigenvalue weighted by molar-refractivity contribution is -0.131. The average molecular weight is 340 g/mol. The number of carbonyl (C=O) groups is 2. The maximum absolute atomic E-state index is 11.9. The van der Waals surface area contributed by atoms with Crippen molar-refractivity contribution in [1.82, 2.24) is 20.1 Å². The van der Waals surface area contributed by atoms with Crippen molar-refractivity contribution in [2.24, 2.45) is 0 Å². The van der Waals surface area contributed by atoms with Crippen molar-refractivity contribution < 1.29 is 9.59 Å². The van der Waals surface area contributed by atoms with Crippen LogP contribution in [-0.4, -0.2) is 51.2 Å². The number of hydrogen-bond acceptors (Lipinski definition) is 5. The molecule has 9 heteroatoms. The first-order valence-corrected chi connectivity index (χ1v) is 7.69. The first-order chi connectivity index (χ1) is 10.6. The summed E-state index contributed by atoms with van der Waals surface area (Å²) in [7, 11) is 1.56. The number of H-pyrrole nitrogens is 1. The Labute approximate surface area is 136 Å². The van der Waals surface area contributed by atoms with Gasteiger partial charge in [-0.25, -0.2) is 4.98 Å². The molecule has 0 spiro atoms. The number of halogens is 1. The van der Waals surface area contributed by atoms with Crippen molar-refractivity contribution in [3.63, 3.8) is 0 Å². The molecule has 22 heavy (non-hydrogen) atoms. The van der Waals surface area contributed by atoms with E-state index >= 15 is 0 Å². The van der Waals surface area contributed by atoms with Crippen LogP contribution in [0.5, 0.6) is 0 Å². The molecule has 0 unspecified atom stereocenters. The number of benzene rings is 1. The number of hydrogen-bond donors (Lipinski definition) is 2. The lowest BCUT2D eigenvalue weighted by Crippen LogP contribution is -2.36. The minimum Gasteiger partial charge on any atom is -0.336 e. The Morgan fingerprint density at radius 3 is 2.86 bits per heavy atom.